The predicted octanol–water partition coefficient (Wildman–Crippen LogP) is 3.22. The second-order valence-corrected chi connectivity index (χ2v) is 7.96. The van der Waals surface area contributed by atoms with E-state index in [1.807, 2.05) is 34.6 Å². The van der Waals surface area contributed by atoms with Crippen molar-refractivity contribution in [3.8, 4) is 0 Å². The van der Waals surface area contributed by atoms with E-state index in [0.29, 0.717) is 16.0 Å². The highest BCUT2D eigenvalue weighted by atomic mass is 32.1. The summed E-state index contributed by atoms with van der Waals surface area (Å²) in [6.45, 7) is 9.93. The molecule has 0 atom stereocenters. The molecule has 2 N–H and O–H groups in total. The summed E-state index contributed by atoms with van der Waals surface area (Å²) in [6.07, 6.45) is 1.61. The van der Waals surface area contributed by atoms with Gasteiger partial charge >= 0.3 is 0 Å². The first-order valence-electron chi connectivity index (χ1n) is 8.65. The van der Waals surface area contributed by atoms with Crippen molar-refractivity contribution in [2.24, 2.45) is 5.10 Å². The Kier molecular flexibility index (Phi) is 5.23. The van der Waals surface area contributed by atoms with Crippen LogP contribution in [0.2, 0.25) is 0 Å². The number of hydrogen-bond acceptors (Lipinski definition) is 5. The zero-order chi connectivity index (χ0) is 19.7. The molecule has 6 nitrogen and oxygen atoms in total. The number of H-pyrrole nitrogens is 1. The van der Waals surface area contributed by atoms with Gasteiger partial charge in [-0.1, -0.05) is 17.7 Å². The molecule has 2 aromatic heterocycles. The maximum atomic E-state index is 12.3. The Bertz CT molecular complexity index is 1100. The Morgan fingerprint density at radius 1 is 1.22 bits per heavy atom. The SMILES string of the molecule is Cc1cc(C)c(/C=N\NC(=O)Cc2nc3sc(C)c(C)c3c(=O)[nH]2)c(C)c1. The Morgan fingerprint density at radius 2 is 1.89 bits per heavy atom. The lowest BCUT2D eigenvalue weighted by molar-refractivity contribution is -0.120. The second kappa shape index (κ2) is 7.44. The monoisotopic (exact) mass is 382 g/mol. The number of benzene rings is 1. The smallest absolute Gasteiger partial charge is 0.259 e. The third-order valence-electron chi connectivity index (χ3n) is 4.54. The van der Waals surface area contributed by atoms with E-state index >= 15 is 0 Å². The largest absolute Gasteiger partial charge is 0.309 e. The summed E-state index contributed by atoms with van der Waals surface area (Å²) in [5.74, 6) is 0.00492. The van der Waals surface area contributed by atoms with E-state index in [1.165, 1.54) is 16.9 Å². The minimum Gasteiger partial charge on any atom is -0.309 e. The van der Waals surface area contributed by atoms with Gasteiger partial charge in [-0.15, -0.1) is 11.3 Å². The molecular weight excluding hydrogens is 360 g/mol. The topological polar surface area (TPSA) is 87.2 Å². The second-order valence-electron chi connectivity index (χ2n) is 6.76. The van der Waals surface area contributed by atoms with Crippen LogP contribution in [0.15, 0.2) is 22.0 Å². The van der Waals surface area contributed by atoms with Gasteiger partial charge in [-0.3, -0.25) is 9.59 Å². The van der Waals surface area contributed by atoms with Crippen LogP contribution in [0, 0.1) is 34.6 Å². The lowest BCUT2D eigenvalue weighted by atomic mass is 10.0. The number of nitrogens with zero attached hydrogens (tertiary/aromatic N) is 2. The summed E-state index contributed by atoms with van der Waals surface area (Å²) in [6, 6.07) is 4.15. The molecule has 140 valence electrons. The highest BCUT2D eigenvalue weighted by Crippen LogP contribution is 2.25. The molecule has 3 rings (SSSR count). The molecular formula is C20H22N4O2S. The predicted molar refractivity (Wildman–Crippen MR) is 110 cm³/mol. The highest BCUT2D eigenvalue weighted by molar-refractivity contribution is 7.18. The molecule has 7 heteroatoms. The number of carbonyl (C=O) groups is 1. The fourth-order valence-corrected chi connectivity index (χ4v) is 4.19. The molecule has 0 saturated carbocycles. The van der Waals surface area contributed by atoms with Crippen molar-refractivity contribution in [3.63, 3.8) is 0 Å². The molecule has 0 fully saturated rings. The van der Waals surface area contributed by atoms with Crippen LogP contribution in [-0.2, 0) is 11.2 Å². The van der Waals surface area contributed by atoms with Gasteiger partial charge in [-0.2, -0.15) is 5.10 Å². The van der Waals surface area contributed by atoms with Gasteiger partial charge in [0.2, 0.25) is 5.91 Å². The van der Waals surface area contributed by atoms with Gasteiger partial charge in [0.15, 0.2) is 0 Å². The number of hydrogen-bond donors (Lipinski definition) is 2. The first-order valence-corrected chi connectivity index (χ1v) is 9.46. The molecule has 2 heterocycles. The molecule has 1 amide bonds. The van der Waals surface area contributed by atoms with E-state index in [4.69, 9.17) is 0 Å². The number of hydrazone groups is 1. The average Bonchev–Trinajstić information content (AvgIpc) is 2.84. The molecule has 1 aromatic carbocycles. The van der Waals surface area contributed by atoms with Crippen molar-refractivity contribution in [1.29, 1.82) is 0 Å². The molecule has 27 heavy (non-hydrogen) atoms. The zero-order valence-electron chi connectivity index (χ0n) is 16.1. The van der Waals surface area contributed by atoms with Crippen LogP contribution in [0.4, 0.5) is 0 Å². The minimum absolute atomic E-state index is 0.0373. The van der Waals surface area contributed by atoms with Gasteiger partial charge in [0, 0.05) is 10.4 Å². The summed E-state index contributed by atoms with van der Waals surface area (Å²) < 4.78 is 0. The van der Waals surface area contributed by atoms with Crippen molar-refractivity contribution in [2.75, 3.05) is 0 Å². The number of rotatable bonds is 4. The number of thiophene rings is 1. The van der Waals surface area contributed by atoms with Gasteiger partial charge in [0.05, 0.1) is 18.0 Å². The Balaban J connectivity index is 1.73. The number of carbonyl (C=O) groups excluding carboxylic acids is 1. The number of aromatic amines is 1. The quantitative estimate of drug-likeness (QED) is 0.536. The Labute approximate surface area is 161 Å². The number of aryl methyl sites for hydroxylation is 5. The Hall–Kier alpha value is -2.80. The van der Waals surface area contributed by atoms with Crippen LogP contribution < -0.4 is 11.0 Å². The molecule has 0 aliphatic heterocycles. The van der Waals surface area contributed by atoms with Crippen LogP contribution in [0.5, 0.6) is 0 Å². The van der Waals surface area contributed by atoms with E-state index in [9.17, 15) is 9.59 Å². The van der Waals surface area contributed by atoms with E-state index in [2.05, 4.69) is 32.6 Å². The van der Waals surface area contributed by atoms with E-state index < -0.39 is 0 Å². The summed E-state index contributed by atoms with van der Waals surface area (Å²) in [5.41, 5.74) is 7.61. The van der Waals surface area contributed by atoms with Crippen LogP contribution in [0.1, 0.15) is 38.5 Å². The first-order chi connectivity index (χ1) is 12.8. The normalized spacial score (nSPS) is 11.4. The van der Waals surface area contributed by atoms with Gasteiger partial charge in [-0.05, 0) is 51.3 Å². The van der Waals surface area contributed by atoms with Crippen molar-refractivity contribution < 1.29 is 4.79 Å². The molecule has 0 saturated heterocycles. The lowest BCUT2D eigenvalue weighted by Gasteiger charge is -2.06. The summed E-state index contributed by atoms with van der Waals surface area (Å²) in [4.78, 5) is 33.2. The van der Waals surface area contributed by atoms with E-state index in [0.717, 1.165) is 27.1 Å². The third-order valence-corrected chi connectivity index (χ3v) is 5.64. The van der Waals surface area contributed by atoms with Crippen LogP contribution in [0.3, 0.4) is 0 Å². The molecule has 0 aliphatic rings. The molecule has 0 aliphatic carbocycles. The van der Waals surface area contributed by atoms with E-state index in [-0.39, 0.29) is 17.9 Å². The van der Waals surface area contributed by atoms with Crippen LogP contribution in [0.25, 0.3) is 10.2 Å². The number of amides is 1. The zero-order valence-corrected chi connectivity index (χ0v) is 16.9. The third kappa shape index (κ3) is 3.98. The van der Waals surface area contributed by atoms with Crippen LogP contribution in [-0.4, -0.2) is 22.1 Å². The first kappa shape index (κ1) is 19.0. The number of fused-ring (bicyclic) bond motifs is 1. The van der Waals surface area contributed by atoms with Gasteiger partial charge in [0.1, 0.15) is 10.7 Å². The number of nitrogens with one attached hydrogen (secondary N) is 2. The molecule has 0 unspecified atom stereocenters. The molecule has 0 spiro atoms. The minimum atomic E-state index is -0.332. The van der Waals surface area contributed by atoms with Gasteiger partial charge < -0.3 is 4.98 Å². The maximum Gasteiger partial charge on any atom is 0.259 e. The fraction of sp³-hybridized carbons (Fsp3) is 0.300. The van der Waals surface area contributed by atoms with Crippen molar-refractivity contribution >= 4 is 33.7 Å². The Morgan fingerprint density at radius 3 is 2.56 bits per heavy atom. The summed E-state index contributed by atoms with van der Waals surface area (Å²) >= 11 is 1.46. The lowest BCUT2D eigenvalue weighted by Crippen LogP contribution is -2.23. The number of aromatic nitrogens is 2. The summed E-state index contributed by atoms with van der Waals surface area (Å²) in [5, 5.41) is 4.65. The van der Waals surface area contributed by atoms with E-state index in [1.54, 1.807) is 6.21 Å². The average molecular weight is 382 g/mol. The summed E-state index contributed by atoms with van der Waals surface area (Å²) in [7, 11) is 0. The van der Waals surface area contributed by atoms with Crippen molar-refractivity contribution in [1.82, 2.24) is 15.4 Å². The highest BCUT2D eigenvalue weighted by Gasteiger charge is 2.13. The maximum absolute atomic E-state index is 12.3. The molecule has 0 radical (unpaired) electrons. The van der Waals surface area contributed by atoms with Gasteiger partial charge in [-0.25, -0.2) is 10.4 Å². The van der Waals surface area contributed by atoms with Gasteiger partial charge in [0.25, 0.3) is 5.56 Å². The molecule has 3 aromatic rings. The standard InChI is InChI=1S/C20H22N4O2S/c1-10-6-11(2)15(12(3)7-10)9-21-24-17(25)8-16-22-19(26)18-13(4)14(5)27-20(18)23-16/h6-7,9H,8H2,1-5H3,(H,24,25)(H,22,23,26)/b21-9-. The van der Waals surface area contributed by atoms with Crippen molar-refractivity contribution in [3.05, 3.63) is 61.0 Å². The van der Waals surface area contributed by atoms with Crippen molar-refractivity contribution in [2.45, 2.75) is 41.0 Å². The van der Waals surface area contributed by atoms with Crippen LogP contribution >= 0.6 is 11.3 Å². The fourth-order valence-electron chi connectivity index (χ4n) is 3.14. The molecule has 0 bridgehead atoms.